The van der Waals surface area contributed by atoms with Crippen molar-refractivity contribution in [3.63, 3.8) is 0 Å². The molecule has 1 N–H and O–H groups in total. The predicted octanol–water partition coefficient (Wildman–Crippen LogP) is 5.28. The zero-order valence-corrected chi connectivity index (χ0v) is 24.4. The Bertz CT molecular complexity index is 1810. The number of amides is 1. The third-order valence-corrected chi connectivity index (χ3v) is 7.90. The second-order valence-corrected chi connectivity index (χ2v) is 10.7. The lowest BCUT2D eigenvalue weighted by Gasteiger charge is -2.37. The predicted molar refractivity (Wildman–Crippen MR) is 161 cm³/mol. The van der Waals surface area contributed by atoms with Crippen molar-refractivity contribution in [2.75, 3.05) is 41.3 Å². The van der Waals surface area contributed by atoms with E-state index in [1.807, 2.05) is 37.9 Å². The summed E-state index contributed by atoms with van der Waals surface area (Å²) >= 11 is 0. The highest BCUT2D eigenvalue weighted by molar-refractivity contribution is 6.05. The van der Waals surface area contributed by atoms with Gasteiger partial charge in [-0.2, -0.15) is 18.3 Å². The minimum absolute atomic E-state index is 0.0635. The Labute approximate surface area is 251 Å². The molecule has 0 aliphatic carbocycles. The first-order valence-electron chi connectivity index (χ1n) is 14.0. The molecule has 226 valence electrons. The van der Waals surface area contributed by atoms with Crippen molar-refractivity contribution in [2.24, 2.45) is 7.05 Å². The number of carbonyl (C=O) groups is 1. The number of anilines is 3. The van der Waals surface area contributed by atoms with E-state index in [4.69, 9.17) is 0 Å². The van der Waals surface area contributed by atoms with E-state index in [0.717, 1.165) is 34.6 Å². The number of halogens is 3. The summed E-state index contributed by atoms with van der Waals surface area (Å²) < 4.78 is 45.1. The minimum Gasteiger partial charge on any atom is -0.368 e. The molecule has 6 rings (SSSR count). The van der Waals surface area contributed by atoms with Gasteiger partial charge in [0, 0.05) is 79.5 Å². The van der Waals surface area contributed by atoms with Crippen LogP contribution in [0.5, 0.6) is 0 Å². The van der Waals surface area contributed by atoms with E-state index in [2.05, 4.69) is 30.6 Å². The van der Waals surface area contributed by atoms with Gasteiger partial charge in [-0.05, 0) is 61.9 Å². The standard InChI is InChI=1S/C31H30F3N9O/c1-20-4-5-22(14-29(20)43-19-28(38-39-43)27-18-36-40(3)21(27)2)30(44)37-24-15-23(31(32,33)34)16-26(17-24)42-12-10-41(11-13-42)25-6-8-35-9-7-25/h4-9,14-19H,10-13H2,1-3H3,(H,37,44). The van der Waals surface area contributed by atoms with Crippen LogP contribution in [0.25, 0.3) is 16.9 Å². The van der Waals surface area contributed by atoms with Gasteiger partial charge in [0.2, 0.25) is 0 Å². The fourth-order valence-electron chi connectivity index (χ4n) is 5.26. The summed E-state index contributed by atoms with van der Waals surface area (Å²) in [4.78, 5) is 21.5. The summed E-state index contributed by atoms with van der Waals surface area (Å²) in [6.07, 6.45) is 2.31. The van der Waals surface area contributed by atoms with E-state index >= 15 is 0 Å². The van der Waals surface area contributed by atoms with Crippen molar-refractivity contribution in [3.8, 4) is 16.9 Å². The van der Waals surface area contributed by atoms with Crippen molar-refractivity contribution >= 4 is 23.0 Å². The first-order chi connectivity index (χ1) is 21.1. The average Bonchev–Trinajstić information content (AvgIpc) is 3.63. The number of nitrogens with zero attached hydrogens (tertiary/aromatic N) is 8. The van der Waals surface area contributed by atoms with Gasteiger partial charge in [-0.25, -0.2) is 4.68 Å². The fourth-order valence-corrected chi connectivity index (χ4v) is 5.26. The first-order valence-corrected chi connectivity index (χ1v) is 14.0. The molecule has 0 unspecified atom stereocenters. The molecule has 1 saturated heterocycles. The zero-order valence-electron chi connectivity index (χ0n) is 24.4. The van der Waals surface area contributed by atoms with E-state index in [-0.39, 0.29) is 11.3 Å². The summed E-state index contributed by atoms with van der Waals surface area (Å²) in [6.45, 7) is 6.13. The molecule has 0 radical (unpaired) electrons. The smallest absolute Gasteiger partial charge is 0.368 e. The van der Waals surface area contributed by atoms with E-state index in [0.29, 0.717) is 43.2 Å². The number of hydrogen-bond acceptors (Lipinski definition) is 7. The van der Waals surface area contributed by atoms with Gasteiger partial charge in [0.15, 0.2) is 0 Å². The normalized spacial score (nSPS) is 13.8. The van der Waals surface area contributed by atoms with Gasteiger partial charge in [0.05, 0.1) is 23.6 Å². The molecule has 0 atom stereocenters. The van der Waals surface area contributed by atoms with Crippen molar-refractivity contribution in [3.05, 3.63) is 95.7 Å². The highest BCUT2D eigenvalue weighted by atomic mass is 19.4. The highest BCUT2D eigenvalue weighted by Crippen LogP contribution is 2.35. The lowest BCUT2D eigenvalue weighted by molar-refractivity contribution is -0.137. The molecule has 0 spiro atoms. The maximum absolute atomic E-state index is 13.9. The second-order valence-electron chi connectivity index (χ2n) is 10.7. The molecule has 4 heterocycles. The molecule has 3 aromatic heterocycles. The van der Waals surface area contributed by atoms with Crippen LogP contribution in [-0.4, -0.2) is 61.8 Å². The molecule has 0 saturated carbocycles. The van der Waals surface area contributed by atoms with Gasteiger partial charge in [-0.3, -0.25) is 14.5 Å². The number of alkyl halides is 3. The molecule has 5 aromatic rings. The van der Waals surface area contributed by atoms with E-state index in [1.165, 1.54) is 0 Å². The third kappa shape index (κ3) is 5.85. The summed E-state index contributed by atoms with van der Waals surface area (Å²) in [5.74, 6) is -0.539. The second kappa shape index (κ2) is 11.5. The number of pyridine rings is 1. The Morgan fingerprint density at radius 3 is 2.27 bits per heavy atom. The van der Waals surface area contributed by atoms with E-state index < -0.39 is 17.6 Å². The summed E-state index contributed by atoms with van der Waals surface area (Å²) in [6, 6.07) is 12.5. The molecule has 10 nitrogen and oxygen atoms in total. The fraction of sp³-hybridized carbons (Fsp3) is 0.258. The number of rotatable bonds is 6. The van der Waals surface area contributed by atoms with Crippen LogP contribution >= 0.6 is 0 Å². The summed E-state index contributed by atoms with van der Waals surface area (Å²) in [5, 5.41) is 15.5. The van der Waals surface area contributed by atoms with Crippen molar-refractivity contribution in [2.45, 2.75) is 20.0 Å². The lowest BCUT2D eigenvalue weighted by atomic mass is 10.1. The third-order valence-electron chi connectivity index (χ3n) is 7.90. The molecule has 1 fully saturated rings. The molecule has 0 bridgehead atoms. The molecule has 44 heavy (non-hydrogen) atoms. The van der Waals surface area contributed by atoms with Crippen molar-refractivity contribution in [1.29, 1.82) is 0 Å². The molecule has 1 aliphatic heterocycles. The van der Waals surface area contributed by atoms with Crippen molar-refractivity contribution < 1.29 is 18.0 Å². The highest BCUT2D eigenvalue weighted by Gasteiger charge is 2.32. The maximum Gasteiger partial charge on any atom is 0.416 e. The Hall–Kier alpha value is -5.20. The largest absolute Gasteiger partial charge is 0.416 e. The monoisotopic (exact) mass is 601 g/mol. The first kappa shape index (κ1) is 28.9. The van der Waals surface area contributed by atoms with Gasteiger partial charge >= 0.3 is 6.18 Å². The van der Waals surface area contributed by atoms with Gasteiger partial charge in [-0.1, -0.05) is 11.3 Å². The zero-order chi connectivity index (χ0) is 31.0. The number of hydrogen-bond donors (Lipinski definition) is 1. The van der Waals surface area contributed by atoms with Crippen LogP contribution in [0.15, 0.2) is 73.3 Å². The van der Waals surface area contributed by atoms with Crippen LogP contribution in [0, 0.1) is 13.8 Å². The number of aromatic nitrogens is 6. The Kier molecular flexibility index (Phi) is 7.53. The van der Waals surface area contributed by atoms with Crippen LogP contribution in [0.3, 0.4) is 0 Å². The van der Waals surface area contributed by atoms with Crippen molar-refractivity contribution in [1.82, 2.24) is 29.8 Å². The lowest BCUT2D eigenvalue weighted by Crippen LogP contribution is -2.46. The van der Waals surface area contributed by atoms with Crippen LogP contribution in [-0.2, 0) is 13.2 Å². The number of benzene rings is 2. The SMILES string of the molecule is Cc1ccc(C(=O)Nc2cc(N3CCN(c4ccncc4)CC3)cc(C(F)(F)F)c2)cc1-n1cc(-c2cnn(C)c2C)nn1. The average molecular weight is 602 g/mol. The van der Waals surface area contributed by atoms with Gasteiger partial charge in [0.25, 0.3) is 5.91 Å². The number of carbonyl (C=O) groups excluding carboxylic acids is 1. The van der Waals surface area contributed by atoms with E-state index in [1.54, 1.807) is 58.4 Å². The molecule has 1 aliphatic rings. The Morgan fingerprint density at radius 1 is 0.909 bits per heavy atom. The number of aryl methyl sites for hydroxylation is 2. The minimum atomic E-state index is -4.58. The maximum atomic E-state index is 13.9. The summed E-state index contributed by atoms with van der Waals surface area (Å²) in [5.41, 5.74) is 4.78. The van der Waals surface area contributed by atoms with Crippen LogP contribution in [0.1, 0.15) is 27.2 Å². The number of nitrogens with one attached hydrogen (secondary N) is 1. The van der Waals surface area contributed by atoms with Crippen LogP contribution in [0.2, 0.25) is 0 Å². The number of piperazine rings is 1. The topological polar surface area (TPSA) is 97.0 Å². The van der Waals surface area contributed by atoms with Gasteiger partial charge < -0.3 is 15.1 Å². The quantitative estimate of drug-likeness (QED) is 0.283. The molecule has 2 aromatic carbocycles. The van der Waals surface area contributed by atoms with Gasteiger partial charge in [-0.15, -0.1) is 5.10 Å². The molecular weight excluding hydrogens is 571 g/mol. The van der Waals surface area contributed by atoms with E-state index in [9.17, 15) is 18.0 Å². The van der Waals surface area contributed by atoms with Crippen LogP contribution < -0.4 is 15.1 Å². The molecule has 13 heteroatoms. The molecular formula is C31H30F3N9O. The van der Waals surface area contributed by atoms with Crippen LogP contribution in [0.4, 0.5) is 30.2 Å². The Morgan fingerprint density at radius 2 is 1.61 bits per heavy atom. The van der Waals surface area contributed by atoms with Gasteiger partial charge in [0.1, 0.15) is 5.69 Å². The Balaban J connectivity index is 1.23. The summed E-state index contributed by atoms with van der Waals surface area (Å²) in [7, 11) is 1.84. The molecule has 1 amide bonds.